The van der Waals surface area contributed by atoms with E-state index < -0.39 is 0 Å². The number of benzene rings is 1. The van der Waals surface area contributed by atoms with E-state index in [1.165, 1.54) is 34.4 Å². The Morgan fingerprint density at radius 2 is 2.00 bits per heavy atom. The van der Waals surface area contributed by atoms with Crippen molar-refractivity contribution in [2.45, 2.75) is 56.4 Å². The molecule has 0 N–H and O–H groups in total. The van der Waals surface area contributed by atoms with Crippen molar-refractivity contribution < 1.29 is 0 Å². The maximum atomic E-state index is 4.24. The molecule has 2 nitrogen and oxygen atoms in total. The predicted molar refractivity (Wildman–Crippen MR) is 103 cm³/mol. The topological polar surface area (TPSA) is 17.8 Å². The largest absolute Gasteiger partial charge is 0.335 e. The predicted octanol–water partition coefficient (Wildman–Crippen LogP) is 5.01. The quantitative estimate of drug-likeness (QED) is 0.775. The summed E-state index contributed by atoms with van der Waals surface area (Å²) in [6, 6.07) is 4.66. The van der Waals surface area contributed by atoms with E-state index in [4.69, 9.17) is 0 Å². The Bertz CT molecular complexity index is 643. The second-order valence-corrected chi connectivity index (χ2v) is 10.3. The first-order chi connectivity index (χ1) is 11.0. The number of thioether (sulfide) groups is 2. The van der Waals surface area contributed by atoms with Gasteiger partial charge in [0.1, 0.15) is 0 Å². The van der Waals surface area contributed by atoms with Crippen LogP contribution < -0.4 is 0 Å². The fraction of sp³-hybridized carbons (Fsp3) is 0.526. The van der Waals surface area contributed by atoms with Crippen molar-refractivity contribution in [1.29, 1.82) is 0 Å². The molecule has 3 rings (SSSR count). The van der Waals surface area contributed by atoms with E-state index in [-0.39, 0.29) is 4.08 Å². The maximum Gasteiger partial charge on any atom is 0.0946 e. The van der Waals surface area contributed by atoms with Gasteiger partial charge in [-0.05, 0) is 56.1 Å². The summed E-state index contributed by atoms with van der Waals surface area (Å²) in [4.78, 5) is 4.24. The van der Waals surface area contributed by atoms with Crippen LogP contribution >= 0.6 is 23.5 Å². The molecule has 2 aromatic rings. The Hall–Kier alpha value is -0.870. The van der Waals surface area contributed by atoms with Crippen molar-refractivity contribution in [3.8, 4) is 0 Å². The number of aromatic nitrogens is 2. The van der Waals surface area contributed by atoms with Gasteiger partial charge in [0.25, 0.3) is 0 Å². The van der Waals surface area contributed by atoms with Gasteiger partial charge in [0.15, 0.2) is 0 Å². The summed E-state index contributed by atoms with van der Waals surface area (Å²) in [6.07, 6.45) is 8.38. The Morgan fingerprint density at radius 1 is 1.26 bits per heavy atom. The minimum Gasteiger partial charge on any atom is -0.335 e. The SMILES string of the molecule is Cc1cc(C)c(CC2(Cn3ccnc3)SCCC(C)S2)c(C)c1. The van der Waals surface area contributed by atoms with E-state index in [9.17, 15) is 0 Å². The van der Waals surface area contributed by atoms with Crippen LogP contribution in [0.4, 0.5) is 0 Å². The first-order valence-electron chi connectivity index (χ1n) is 8.32. The highest BCUT2D eigenvalue weighted by atomic mass is 32.2. The van der Waals surface area contributed by atoms with Gasteiger partial charge >= 0.3 is 0 Å². The fourth-order valence-electron chi connectivity index (χ4n) is 3.52. The van der Waals surface area contributed by atoms with Crippen molar-refractivity contribution in [2.75, 3.05) is 5.75 Å². The first kappa shape index (κ1) is 17.0. The summed E-state index contributed by atoms with van der Waals surface area (Å²) in [5.41, 5.74) is 5.77. The summed E-state index contributed by atoms with van der Waals surface area (Å²) in [6.45, 7) is 10.1. The van der Waals surface area contributed by atoms with Gasteiger partial charge in [-0.1, -0.05) is 24.6 Å². The molecule has 4 heteroatoms. The lowest BCUT2D eigenvalue weighted by Crippen LogP contribution is -2.35. The molecule has 1 fully saturated rings. The Kier molecular flexibility index (Phi) is 5.12. The number of hydrogen-bond donors (Lipinski definition) is 0. The van der Waals surface area contributed by atoms with Gasteiger partial charge in [-0.3, -0.25) is 0 Å². The third-order valence-corrected chi connectivity index (χ3v) is 7.80. The summed E-state index contributed by atoms with van der Waals surface area (Å²) in [5.74, 6) is 1.26. The van der Waals surface area contributed by atoms with Gasteiger partial charge in [0.2, 0.25) is 0 Å². The van der Waals surface area contributed by atoms with Gasteiger partial charge in [-0.25, -0.2) is 4.98 Å². The second kappa shape index (κ2) is 6.94. The van der Waals surface area contributed by atoms with Crippen LogP contribution in [0.25, 0.3) is 0 Å². The van der Waals surface area contributed by atoms with Gasteiger partial charge < -0.3 is 4.57 Å². The summed E-state index contributed by atoms with van der Waals surface area (Å²) in [7, 11) is 0. The van der Waals surface area contributed by atoms with E-state index in [0.717, 1.165) is 18.2 Å². The molecule has 0 spiro atoms. The van der Waals surface area contributed by atoms with Gasteiger partial charge in [-0.15, -0.1) is 23.5 Å². The third kappa shape index (κ3) is 3.97. The van der Waals surface area contributed by atoms with Crippen LogP contribution in [-0.4, -0.2) is 24.6 Å². The molecule has 1 aromatic carbocycles. The number of nitrogens with zero attached hydrogens (tertiary/aromatic N) is 2. The van der Waals surface area contributed by atoms with E-state index in [1.807, 2.05) is 12.5 Å². The zero-order chi connectivity index (χ0) is 16.4. The Morgan fingerprint density at radius 3 is 2.61 bits per heavy atom. The van der Waals surface area contributed by atoms with Crippen LogP contribution in [0.1, 0.15) is 35.6 Å². The van der Waals surface area contributed by atoms with Crippen LogP contribution in [-0.2, 0) is 13.0 Å². The van der Waals surface area contributed by atoms with E-state index in [2.05, 4.69) is 79.1 Å². The van der Waals surface area contributed by atoms with Crippen molar-refractivity contribution in [3.05, 3.63) is 53.1 Å². The molecule has 0 saturated carbocycles. The molecule has 23 heavy (non-hydrogen) atoms. The molecule has 2 unspecified atom stereocenters. The molecule has 0 radical (unpaired) electrons. The van der Waals surface area contributed by atoms with Crippen LogP contribution in [0.2, 0.25) is 0 Å². The zero-order valence-electron chi connectivity index (χ0n) is 14.5. The highest BCUT2D eigenvalue weighted by molar-refractivity contribution is 8.19. The molecule has 2 heterocycles. The Balaban J connectivity index is 1.93. The zero-order valence-corrected chi connectivity index (χ0v) is 16.1. The lowest BCUT2D eigenvalue weighted by Gasteiger charge is -2.40. The average Bonchev–Trinajstić information content (AvgIpc) is 2.95. The number of imidazole rings is 1. The molecule has 0 bridgehead atoms. The van der Waals surface area contributed by atoms with Crippen LogP contribution in [0.5, 0.6) is 0 Å². The average molecular weight is 347 g/mol. The third-order valence-electron chi connectivity index (χ3n) is 4.57. The number of rotatable bonds is 4. The molecule has 1 saturated heterocycles. The fourth-order valence-corrected chi connectivity index (χ4v) is 7.43. The summed E-state index contributed by atoms with van der Waals surface area (Å²) < 4.78 is 2.46. The van der Waals surface area contributed by atoms with Gasteiger partial charge in [0.05, 0.1) is 10.4 Å². The highest BCUT2D eigenvalue weighted by Gasteiger charge is 2.37. The molecule has 2 atom stereocenters. The minimum absolute atomic E-state index is 0.211. The van der Waals surface area contributed by atoms with Gasteiger partial charge in [-0.2, -0.15) is 0 Å². The minimum atomic E-state index is 0.211. The molecular formula is C19H26N2S2. The van der Waals surface area contributed by atoms with Crippen molar-refractivity contribution in [3.63, 3.8) is 0 Å². The summed E-state index contributed by atoms with van der Waals surface area (Å²) >= 11 is 4.31. The highest BCUT2D eigenvalue weighted by Crippen LogP contribution is 2.49. The molecule has 1 aliphatic heterocycles. The van der Waals surface area contributed by atoms with Crippen LogP contribution in [0.3, 0.4) is 0 Å². The monoisotopic (exact) mass is 346 g/mol. The number of aryl methyl sites for hydroxylation is 3. The van der Waals surface area contributed by atoms with Crippen LogP contribution in [0, 0.1) is 20.8 Å². The standard InChI is InChI=1S/C19H26N2S2/c1-14-9-15(2)18(16(3)10-14)11-19(12-21-7-6-20-13-21)22-8-5-17(4)23-19/h6-7,9-10,13,17H,5,8,11-12H2,1-4H3. The normalized spacial score (nSPS) is 24.8. The molecular weight excluding hydrogens is 320 g/mol. The lowest BCUT2D eigenvalue weighted by molar-refractivity contribution is 0.611. The van der Waals surface area contributed by atoms with Gasteiger partial charge in [0, 0.05) is 24.2 Å². The molecule has 0 aliphatic carbocycles. The maximum absolute atomic E-state index is 4.24. The smallest absolute Gasteiger partial charge is 0.0946 e. The van der Waals surface area contributed by atoms with E-state index >= 15 is 0 Å². The van der Waals surface area contributed by atoms with Crippen molar-refractivity contribution in [2.24, 2.45) is 0 Å². The molecule has 1 aromatic heterocycles. The van der Waals surface area contributed by atoms with E-state index in [1.54, 1.807) is 0 Å². The first-order valence-corrected chi connectivity index (χ1v) is 10.2. The number of hydrogen-bond acceptors (Lipinski definition) is 3. The molecule has 0 amide bonds. The lowest BCUT2D eigenvalue weighted by atomic mass is 9.96. The van der Waals surface area contributed by atoms with Crippen molar-refractivity contribution in [1.82, 2.24) is 9.55 Å². The van der Waals surface area contributed by atoms with Crippen molar-refractivity contribution >= 4 is 23.5 Å². The molecule has 124 valence electrons. The van der Waals surface area contributed by atoms with E-state index in [0.29, 0.717) is 0 Å². The second-order valence-electron chi connectivity index (χ2n) is 6.77. The summed E-state index contributed by atoms with van der Waals surface area (Å²) in [5, 5.41) is 0.728. The van der Waals surface area contributed by atoms with Crippen LogP contribution in [0.15, 0.2) is 30.9 Å². The Labute approximate surface area is 148 Å². The molecule has 1 aliphatic rings.